The summed E-state index contributed by atoms with van der Waals surface area (Å²) in [7, 11) is 0. The Labute approximate surface area is 161 Å². The van der Waals surface area contributed by atoms with Gasteiger partial charge in [-0.1, -0.05) is 18.2 Å². The van der Waals surface area contributed by atoms with Gasteiger partial charge in [-0.05, 0) is 43.9 Å². The molecule has 2 aliphatic rings. The van der Waals surface area contributed by atoms with Gasteiger partial charge in [0.2, 0.25) is 0 Å². The maximum Gasteiger partial charge on any atom is 0.322 e. The summed E-state index contributed by atoms with van der Waals surface area (Å²) in [5.74, 6) is 0.533. The Bertz CT molecular complexity index is 902. The summed E-state index contributed by atoms with van der Waals surface area (Å²) < 4.78 is 11.1. The molecule has 8 nitrogen and oxygen atoms in total. The van der Waals surface area contributed by atoms with Gasteiger partial charge in [-0.3, -0.25) is 14.9 Å². The van der Waals surface area contributed by atoms with E-state index in [1.54, 1.807) is 36.1 Å². The van der Waals surface area contributed by atoms with E-state index >= 15 is 0 Å². The monoisotopic (exact) mass is 383 g/mol. The molecule has 2 fully saturated rings. The van der Waals surface area contributed by atoms with Gasteiger partial charge in [0.1, 0.15) is 11.3 Å². The fourth-order valence-electron chi connectivity index (χ4n) is 3.75. The number of urea groups is 1. The van der Waals surface area contributed by atoms with Crippen molar-refractivity contribution in [2.75, 3.05) is 13.1 Å². The number of imide groups is 1. The minimum absolute atomic E-state index is 0.0309. The van der Waals surface area contributed by atoms with Crippen molar-refractivity contribution in [1.29, 1.82) is 0 Å². The van der Waals surface area contributed by atoms with Crippen LogP contribution in [-0.2, 0) is 4.79 Å². The van der Waals surface area contributed by atoms with Crippen LogP contribution in [0, 0.1) is 5.92 Å². The Morgan fingerprint density at radius 2 is 1.86 bits per heavy atom. The maximum absolute atomic E-state index is 12.7. The van der Waals surface area contributed by atoms with E-state index in [9.17, 15) is 14.4 Å². The van der Waals surface area contributed by atoms with Crippen molar-refractivity contribution in [1.82, 2.24) is 15.5 Å². The number of piperidine rings is 1. The second-order valence-corrected chi connectivity index (χ2v) is 7.21. The molecule has 0 bridgehead atoms. The standard InChI is InChI=1S/C20H21N3O5/c1-20(18(25)21-19(26)22-20)13-9-11-23(12-10-13)17(24)15-7-8-16(28-15)27-14-5-3-2-4-6-14/h2-8,13H,9-12H2,1H3,(H2,21,22,25,26)/t20-/m0/s1. The highest BCUT2D eigenvalue weighted by molar-refractivity contribution is 6.07. The second-order valence-electron chi connectivity index (χ2n) is 7.21. The quantitative estimate of drug-likeness (QED) is 0.790. The normalized spacial score (nSPS) is 22.7. The van der Waals surface area contributed by atoms with Crippen LogP contribution in [0.4, 0.5) is 4.79 Å². The highest BCUT2D eigenvalue weighted by atomic mass is 16.6. The van der Waals surface area contributed by atoms with E-state index in [2.05, 4.69) is 10.6 Å². The third-order valence-corrected chi connectivity index (χ3v) is 5.42. The molecular formula is C20H21N3O5. The van der Waals surface area contributed by atoms with Crippen molar-refractivity contribution in [3.63, 3.8) is 0 Å². The molecule has 1 aromatic carbocycles. The van der Waals surface area contributed by atoms with Gasteiger partial charge in [0, 0.05) is 19.2 Å². The largest absolute Gasteiger partial charge is 0.426 e. The number of rotatable bonds is 4. The highest BCUT2D eigenvalue weighted by Gasteiger charge is 2.48. The van der Waals surface area contributed by atoms with Crippen molar-refractivity contribution < 1.29 is 23.5 Å². The number of furan rings is 1. The molecule has 0 saturated carbocycles. The Morgan fingerprint density at radius 1 is 1.14 bits per heavy atom. The molecule has 0 radical (unpaired) electrons. The van der Waals surface area contributed by atoms with E-state index in [4.69, 9.17) is 9.15 Å². The summed E-state index contributed by atoms with van der Waals surface area (Å²) >= 11 is 0. The Morgan fingerprint density at radius 3 is 2.50 bits per heavy atom. The second kappa shape index (κ2) is 7.03. The van der Waals surface area contributed by atoms with Crippen LogP contribution in [0.2, 0.25) is 0 Å². The number of para-hydroxylation sites is 1. The fourth-order valence-corrected chi connectivity index (χ4v) is 3.75. The van der Waals surface area contributed by atoms with Crippen LogP contribution in [-0.4, -0.2) is 41.4 Å². The molecule has 28 heavy (non-hydrogen) atoms. The van der Waals surface area contributed by atoms with E-state index in [1.807, 2.05) is 18.2 Å². The van der Waals surface area contributed by atoms with E-state index in [0.29, 0.717) is 31.7 Å². The highest BCUT2D eigenvalue weighted by Crippen LogP contribution is 2.32. The topological polar surface area (TPSA) is 101 Å². The molecule has 4 amide bonds. The summed E-state index contributed by atoms with van der Waals surface area (Å²) in [6, 6.07) is 11.9. The zero-order valence-electron chi connectivity index (χ0n) is 15.4. The molecule has 2 saturated heterocycles. The predicted octanol–water partition coefficient (Wildman–Crippen LogP) is 2.52. The van der Waals surface area contributed by atoms with Crippen molar-refractivity contribution in [3.8, 4) is 11.7 Å². The van der Waals surface area contributed by atoms with Crippen LogP contribution in [0.15, 0.2) is 46.9 Å². The predicted molar refractivity (Wildman–Crippen MR) is 98.9 cm³/mol. The lowest BCUT2D eigenvalue weighted by Gasteiger charge is -2.38. The molecule has 8 heteroatoms. The molecule has 1 atom stereocenters. The molecule has 3 heterocycles. The van der Waals surface area contributed by atoms with Crippen LogP contribution in [0.25, 0.3) is 0 Å². The van der Waals surface area contributed by atoms with Gasteiger partial charge in [-0.15, -0.1) is 0 Å². The lowest BCUT2D eigenvalue weighted by Crippen LogP contribution is -2.54. The molecular weight excluding hydrogens is 362 g/mol. The number of likely N-dealkylation sites (tertiary alicyclic amines) is 1. The minimum Gasteiger partial charge on any atom is -0.426 e. The average molecular weight is 383 g/mol. The molecule has 4 rings (SSSR count). The molecule has 1 aromatic heterocycles. The summed E-state index contributed by atoms with van der Waals surface area (Å²) in [5, 5.41) is 5.00. The van der Waals surface area contributed by atoms with Crippen LogP contribution in [0.1, 0.15) is 30.3 Å². The molecule has 0 unspecified atom stereocenters. The molecule has 2 aliphatic heterocycles. The number of hydrogen-bond donors (Lipinski definition) is 2. The van der Waals surface area contributed by atoms with E-state index in [-0.39, 0.29) is 29.4 Å². The van der Waals surface area contributed by atoms with Crippen LogP contribution in [0.3, 0.4) is 0 Å². The number of amides is 4. The third-order valence-electron chi connectivity index (χ3n) is 5.42. The van der Waals surface area contributed by atoms with E-state index < -0.39 is 11.6 Å². The number of ether oxygens (including phenoxy) is 1. The van der Waals surface area contributed by atoms with Crippen molar-refractivity contribution in [2.45, 2.75) is 25.3 Å². The first-order valence-electron chi connectivity index (χ1n) is 9.21. The number of nitrogens with one attached hydrogen (secondary N) is 2. The van der Waals surface area contributed by atoms with Crippen LogP contribution in [0.5, 0.6) is 11.7 Å². The van der Waals surface area contributed by atoms with E-state index in [0.717, 1.165) is 0 Å². The molecule has 2 aromatic rings. The minimum atomic E-state index is -0.923. The van der Waals surface area contributed by atoms with Crippen molar-refractivity contribution in [2.24, 2.45) is 5.92 Å². The van der Waals surface area contributed by atoms with Gasteiger partial charge in [-0.2, -0.15) is 0 Å². The van der Waals surface area contributed by atoms with Gasteiger partial charge in [0.25, 0.3) is 17.8 Å². The summed E-state index contributed by atoms with van der Waals surface area (Å²) in [5.41, 5.74) is -0.923. The van der Waals surface area contributed by atoms with Gasteiger partial charge in [-0.25, -0.2) is 4.79 Å². The van der Waals surface area contributed by atoms with Gasteiger partial charge >= 0.3 is 6.03 Å². The number of carbonyl (C=O) groups is 3. The van der Waals surface area contributed by atoms with Crippen LogP contribution < -0.4 is 15.4 Å². The SMILES string of the molecule is C[C@@]1(C2CCN(C(=O)c3ccc(Oc4ccccc4)o3)CC2)NC(=O)NC1=O. The fraction of sp³-hybridized carbons (Fsp3) is 0.350. The number of nitrogens with zero attached hydrogens (tertiary/aromatic N) is 1. The lowest BCUT2D eigenvalue weighted by molar-refractivity contribution is -0.125. The average Bonchev–Trinajstić information content (AvgIpc) is 3.26. The Kier molecular flexibility index (Phi) is 4.54. The summed E-state index contributed by atoms with van der Waals surface area (Å²) in [6.45, 7) is 2.70. The first kappa shape index (κ1) is 18.1. The zero-order chi connectivity index (χ0) is 19.7. The smallest absolute Gasteiger partial charge is 0.322 e. The van der Waals surface area contributed by atoms with Crippen LogP contribution >= 0.6 is 0 Å². The molecule has 146 valence electrons. The lowest BCUT2D eigenvalue weighted by atomic mass is 9.79. The van der Waals surface area contributed by atoms with Gasteiger partial charge < -0.3 is 19.4 Å². The Balaban J connectivity index is 1.37. The molecule has 0 aliphatic carbocycles. The number of hydrogen-bond acceptors (Lipinski definition) is 5. The van der Waals surface area contributed by atoms with Gasteiger partial charge in [0.15, 0.2) is 5.76 Å². The zero-order valence-corrected chi connectivity index (χ0v) is 15.4. The molecule has 0 spiro atoms. The Hall–Kier alpha value is -3.29. The summed E-state index contributed by atoms with van der Waals surface area (Å²) in [4.78, 5) is 38.0. The maximum atomic E-state index is 12.7. The summed E-state index contributed by atoms with van der Waals surface area (Å²) in [6.07, 6.45) is 1.23. The van der Waals surface area contributed by atoms with Crippen molar-refractivity contribution in [3.05, 3.63) is 48.2 Å². The first-order chi connectivity index (χ1) is 13.5. The number of carbonyl (C=O) groups excluding carboxylic acids is 3. The first-order valence-corrected chi connectivity index (χ1v) is 9.21. The third kappa shape index (κ3) is 3.33. The van der Waals surface area contributed by atoms with E-state index in [1.165, 1.54) is 0 Å². The number of benzene rings is 1. The van der Waals surface area contributed by atoms with Crippen molar-refractivity contribution >= 4 is 17.8 Å². The van der Waals surface area contributed by atoms with Gasteiger partial charge in [0.05, 0.1) is 0 Å². The molecule has 2 N–H and O–H groups in total.